The van der Waals surface area contributed by atoms with E-state index in [1.54, 1.807) is 0 Å². The average molecular weight is 469 g/mol. The van der Waals surface area contributed by atoms with Crippen molar-refractivity contribution in [2.45, 2.75) is 52.4 Å². The van der Waals surface area contributed by atoms with Gasteiger partial charge in [0.05, 0.1) is 0 Å². The molecule has 1 aliphatic heterocycles. The molecule has 1 heterocycles. The number of likely N-dealkylation sites (tertiary alicyclic amines) is 1. The third-order valence-corrected chi connectivity index (χ3v) is 4.52. The topological polar surface area (TPSA) is 58.5 Å². The van der Waals surface area contributed by atoms with Gasteiger partial charge in [0.25, 0.3) is 0 Å². The maximum absolute atomic E-state index is 7.75. The molecular weight excluding hydrogens is 438 g/mol. The normalized spacial score (nSPS) is 16.0. The number of rotatable bonds is 5. The van der Waals surface area contributed by atoms with Gasteiger partial charge in [-0.15, -0.1) is 5.69 Å². The standard InChI is InChI=1S/C18H29N2.H2O.2Y/c1-4-10-18(2,3)14-20-11-8-15(9-12-20)16-6-5-7-17(19)13-16;;;/h5-7,13,15,19H,4,8-12,14H2,1-3H3;1H2;;/q-1;;;. The van der Waals surface area contributed by atoms with Crippen LogP contribution in [0, 0.1) is 5.41 Å². The summed E-state index contributed by atoms with van der Waals surface area (Å²) in [5.41, 5.74) is 10.2. The van der Waals surface area contributed by atoms with Crippen molar-refractivity contribution in [1.29, 1.82) is 0 Å². The van der Waals surface area contributed by atoms with Crippen molar-refractivity contribution in [3.63, 3.8) is 0 Å². The van der Waals surface area contributed by atoms with E-state index in [1.807, 2.05) is 18.2 Å². The molecule has 1 aliphatic rings. The molecule has 0 atom stereocenters. The molecule has 0 spiro atoms. The van der Waals surface area contributed by atoms with Crippen molar-refractivity contribution in [1.82, 2.24) is 4.90 Å². The van der Waals surface area contributed by atoms with Gasteiger partial charge in [0.2, 0.25) is 0 Å². The van der Waals surface area contributed by atoms with Gasteiger partial charge in [-0.3, -0.25) is 0 Å². The summed E-state index contributed by atoms with van der Waals surface area (Å²) in [6.45, 7) is 10.7. The van der Waals surface area contributed by atoms with Crippen LogP contribution in [0.3, 0.4) is 0 Å². The van der Waals surface area contributed by atoms with Crippen molar-refractivity contribution in [2.24, 2.45) is 5.41 Å². The Bertz CT molecular complexity index is 433. The SMILES string of the molecule is CCCC(C)(C)CN1CCC(c2cccc([NH-])c2)CC1.O.[Y].[Y]. The Balaban J connectivity index is 0. The Morgan fingerprint density at radius 3 is 2.30 bits per heavy atom. The second-order valence-electron chi connectivity index (χ2n) is 7.09. The van der Waals surface area contributed by atoms with Crippen molar-refractivity contribution in [3.05, 3.63) is 35.6 Å². The van der Waals surface area contributed by atoms with Crippen LogP contribution in [0.2, 0.25) is 0 Å². The fourth-order valence-electron chi connectivity index (χ4n) is 3.58. The first-order valence-corrected chi connectivity index (χ1v) is 8.04. The summed E-state index contributed by atoms with van der Waals surface area (Å²) in [5.74, 6) is 0.658. The van der Waals surface area contributed by atoms with Crippen LogP contribution in [0.1, 0.15) is 57.9 Å². The predicted molar refractivity (Wildman–Crippen MR) is 91.1 cm³/mol. The molecule has 2 radical (unpaired) electrons. The van der Waals surface area contributed by atoms with Crippen LogP contribution in [0.15, 0.2) is 24.3 Å². The van der Waals surface area contributed by atoms with Crippen LogP contribution in [-0.4, -0.2) is 30.0 Å². The van der Waals surface area contributed by atoms with Crippen molar-refractivity contribution >= 4 is 5.69 Å². The Labute approximate surface area is 192 Å². The molecule has 3 nitrogen and oxygen atoms in total. The molecule has 0 amide bonds. The molecule has 1 fully saturated rings. The second-order valence-corrected chi connectivity index (χ2v) is 7.09. The minimum Gasteiger partial charge on any atom is -0.699 e. The molecule has 3 N–H and O–H groups in total. The molecule has 126 valence electrons. The molecule has 1 aromatic rings. The van der Waals surface area contributed by atoms with Gasteiger partial charge in [-0.05, 0) is 49.2 Å². The van der Waals surface area contributed by atoms with E-state index in [0.29, 0.717) is 17.0 Å². The molecule has 0 unspecified atom stereocenters. The number of hydrogen-bond acceptors (Lipinski definition) is 1. The van der Waals surface area contributed by atoms with Crippen molar-refractivity contribution in [2.75, 3.05) is 19.6 Å². The maximum atomic E-state index is 7.75. The van der Waals surface area contributed by atoms with Gasteiger partial charge in [-0.25, -0.2) is 0 Å². The number of piperidine rings is 1. The summed E-state index contributed by atoms with van der Waals surface area (Å²) in [4.78, 5) is 2.64. The fourth-order valence-corrected chi connectivity index (χ4v) is 3.58. The zero-order valence-electron chi connectivity index (χ0n) is 14.9. The molecule has 2 rings (SSSR count). The zero-order valence-corrected chi connectivity index (χ0v) is 20.6. The van der Waals surface area contributed by atoms with Gasteiger partial charge >= 0.3 is 0 Å². The van der Waals surface area contributed by atoms with E-state index in [9.17, 15) is 0 Å². The Morgan fingerprint density at radius 2 is 1.78 bits per heavy atom. The minimum absolute atomic E-state index is 0. The first-order chi connectivity index (χ1) is 9.50. The molecule has 0 bridgehead atoms. The average Bonchev–Trinajstić information content (AvgIpc) is 2.39. The van der Waals surface area contributed by atoms with Gasteiger partial charge in [0.1, 0.15) is 0 Å². The Kier molecular flexibility index (Phi) is 14.3. The van der Waals surface area contributed by atoms with Gasteiger partial charge < -0.3 is 16.1 Å². The summed E-state index contributed by atoms with van der Waals surface area (Å²) in [6, 6.07) is 8.13. The van der Waals surface area contributed by atoms with Gasteiger partial charge in [0, 0.05) is 72.0 Å². The van der Waals surface area contributed by atoms with E-state index in [1.165, 1.54) is 50.9 Å². The van der Waals surface area contributed by atoms with E-state index >= 15 is 0 Å². The number of nitrogens with zero attached hydrogens (tertiary/aromatic N) is 1. The van der Waals surface area contributed by atoms with Crippen molar-refractivity contribution < 1.29 is 70.9 Å². The van der Waals surface area contributed by atoms with Crippen LogP contribution >= 0.6 is 0 Å². The summed E-state index contributed by atoms with van der Waals surface area (Å²) >= 11 is 0. The molecule has 1 saturated heterocycles. The van der Waals surface area contributed by atoms with Gasteiger partial charge in [-0.2, -0.15) is 0 Å². The number of hydrogen-bond donors (Lipinski definition) is 0. The maximum Gasteiger partial charge on any atom is 0.00327 e. The van der Waals surface area contributed by atoms with Gasteiger partial charge in [0.15, 0.2) is 0 Å². The molecular formula is C18H31N2OY2-. The minimum atomic E-state index is 0. The Hall–Kier alpha value is 1.15. The molecule has 23 heavy (non-hydrogen) atoms. The first kappa shape index (κ1) is 26.4. The molecule has 0 aromatic heterocycles. The molecule has 0 saturated carbocycles. The Morgan fingerprint density at radius 1 is 1.17 bits per heavy atom. The number of nitrogens with one attached hydrogen (secondary N) is 1. The molecule has 1 aromatic carbocycles. The quantitative estimate of drug-likeness (QED) is 0.625. The zero-order chi connectivity index (χ0) is 14.6. The van der Waals surface area contributed by atoms with E-state index in [-0.39, 0.29) is 70.9 Å². The first-order valence-electron chi connectivity index (χ1n) is 8.04. The number of benzene rings is 1. The van der Waals surface area contributed by atoms with Gasteiger partial charge in [-0.1, -0.05) is 51.5 Å². The van der Waals surface area contributed by atoms with E-state index in [4.69, 9.17) is 5.73 Å². The van der Waals surface area contributed by atoms with E-state index < -0.39 is 0 Å². The van der Waals surface area contributed by atoms with Crippen LogP contribution in [0.5, 0.6) is 0 Å². The largest absolute Gasteiger partial charge is 0.699 e. The smallest absolute Gasteiger partial charge is 0.00327 e. The predicted octanol–water partition coefficient (Wildman–Crippen LogP) is 4.55. The van der Waals surface area contributed by atoms with E-state index in [2.05, 4.69) is 31.7 Å². The van der Waals surface area contributed by atoms with Crippen molar-refractivity contribution in [3.8, 4) is 0 Å². The summed E-state index contributed by atoms with van der Waals surface area (Å²) in [5, 5.41) is 0. The van der Waals surface area contributed by atoms with Crippen LogP contribution in [-0.2, 0) is 65.4 Å². The third kappa shape index (κ3) is 8.88. The van der Waals surface area contributed by atoms with Crippen LogP contribution in [0.25, 0.3) is 5.73 Å². The monoisotopic (exact) mass is 469 g/mol. The molecule has 5 heteroatoms. The van der Waals surface area contributed by atoms with Crippen LogP contribution < -0.4 is 0 Å². The van der Waals surface area contributed by atoms with E-state index in [0.717, 1.165) is 0 Å². The van der Waals surface area contributed by atoms with Crippen LogP contribution in [0.4, 0.5) is 5.69 Å². The summed E-state index contributed by atoms with van der Waals surface area (Å²) in [6.07, 6.45) is 5.07. The second kappa shape index (κ2) is 12.5. The summed E-state index contributed by atoms with van der Waals surface area (Å²) in [7, 11) is 0. The third-order valence-electron chi connectivity index (χ3n) is 4.52. The molecule has 0 aliphatic carbocycles. The summed E-state index contributed by atoms with van der Waals surface area (Å²) < 4.78 is 0. The fraction of sp³-hybridized carbons (Fsp3) is 0.667.